The SMILES string of the molecule is O=C(CCCn1cc(-c2ccc(Cl)cc2)cn1)N1CCC(O)CC1. The van der Waals surface area contributed by atoms with Gasteiger partial charge in [0.1, 0.15) is 0 Å². The van der Waals surface area contributed by atoms with E-state index in [-0.39, 0.29) is 12.0 Å². The Balaban J connectivity index is 1.47. The molecule has 0 saturated carbocycles. The van der Waals surface area contributed by atoms with Crippen LogP contribution in [0.2, 0.25) is 5.02 Å². The topological polar surface area (TPSA) is 58.4 Å². The molecule has 2 heterocycles. The van der Waals surface area contributed by atoms with Gasteiger partial charge >= 0.3 is 0 Å². The Morgan fingerprint density at radius 2 is 1.92 bits per heavy atom. The molecule has 1 aliphatic rings. The summed E-state index contributed by atoms with van der Waals surface area (Å²) in [5.41, 5.74) is 2.12. The van der Waals surface area contributed by atoms with E-state index in [2.05, 4.69) is 5.10 Å². The van der Waals surface area contributed by atoms with Gasteiger partial charge in [0.2, 0.25) is 5.91 Å². The molecule has 1 saturated heterocycles. The van der Waals surface area contributed by atoms with E-state index in [9.17, 15) is 9.90 Å². The number of aliphatic hydroxyl groups is 1. The molecule has 3 rings (SSSR count). The van der Waals surface area contributed by atoms with Crippen LogP contribution in [0.15, 0.2) is 36.7 Å². The van der Waals surface area contributed by atoms with Gasteiger partial charge in [0.25, 0.3) is 0 Å². The van der Waals surface area contributed by atoms with Crippen molar-refractivity contribution in [1.82, 2.24) is 14.7 Å². The lowest BCUT2D eigenvalue weighted by atomic mass is 10.1. The zero-order chi connectivity index (χ0) is 16.9. The molecule has 1 fully saturated rings. The Morgan fingerprint density at radius 1 is 1.21 bits per heavy atom. The van der Waals surface area contributed by atoms with Gasteiger partial charge in [0, 0.05) is 42.8 Å². The van der Waals surface area contributed by atoms with Crippen molar-refractivity contribution in [3.8, 4) is 11.1 Å². The molecule has 0 aliphatic carbocycles. The van der Waals surface area contributed by atoms with Gasteiger partial charge in [0.15, 0.2) is 0 Å². The molecule has 1 aliphatic heterocycles. The molecule has 24 heavy (non-hydrogen) atoms. The third-order valence-electron chi connectivity index (χ3n) is 4.41. The van der Waals surface area contributed by atoms with Crippen LogP contribution in [0.4, 0.5) is 0 Å². The molecule has 1 amide bonds. The van der Waals surface area contributed by atoms with Crippen LogP contribution < -0.4 is 0 Å². The fourth-order valence-electron chi connectivity index (χ4n) is 2.94. The van der Waals surface area contributed by atoms with Crippen molar-refractivity contribution >= 4 is 17.5 Å². The largest absolute Gasteiger partial charge is 0.393 e. The molecule has 5 nitrogen and oxygen atoms in total. The number of benzene rings is 1. The zero-order valence-corrected chi connectivity index (χ0v) is 14.3. The average Bonchev–Trinajstić information content (AvgIpc) is 3.05. The molecule has 1 N–H and O–H groups in total. The molecule has 1 aromatic carbocycles. The number of hydrogen-bond acceptors (Lipinski definition) is 3. The van der Waals surface area contributed by atoms with E-state index in [0.717, 1.165) is 29.1 Å². The summed E-state index contributed by atoms with van der Waals surface area (Å²) in [6.45, 7) is 2.06. The second kappa shape index (κ2) is 7.81. The summed E-state index contributed by atoms with van der Waals surface area (Å²) >= 11 is 5.90. The number of likely N-dealkylation sites (tertiary alicyclic amines) is 1. The van der Waals surface area contributed by atoms with E-state index < -0.39 is 0 Å². The summed E-state index contributed by atoms with van der Waals surface area (Å²) in [5, 5.41) is 14.6. The normalized spacial score (nSPS) is 15.7. The quantitative estimate of drug-likeness (QED) is 0.904. The van der Waals surface area contributed by atoms with Gasteiger partial charge < -0.3 is 10.0 Å². The molecular formula is C18H22ClN3O2. The number of piperidine rings is 1. The first-order chi connectivity index (χ1) is 11.6. The van der Waals surface area contributed by atoms with Crippen LogP contribution in [0.5, 0.6) is 0 Å². The molecule has 2 aromatic rings. The Hall–Kier alpha value is -1.85. The Bertz CT molecular complexity index is 676. The first-order valence-electron chi connectivity index (χ1n) is 8.36. The lowest BCUT2D eigenvalue weighted by Gasteiger charge is -2.29. The van der Waals surface area contributed by atoms with Gasteiger partial charge in [-0.05, 0) is 37.0 Å². The van der Waals surface area contributed by atoms with Crippen LogP contribution >= 0.6 is 11.6 Å². The molecular weight excluding hydrogens is 326 g/mol. The van der Waals surface area contributed by atoms with E-state index in [1.54, 1.807) is 0 Å². The lowest BCUT2D eigenvalue weighted by Crippen LogP contribution is -2.40. The van der Waals surface area contributed by atoms with Crippen molar-refractivity contribution in [2.75, 3.05) is 13.1 Å². The summed E-state index contributed by atoms with van der Waals surface area (Å²) in [4.78, 5) is 14.0. The van der Waals surface area contributed by atoms with Crippen LogP contribution in [0.3, 0.4) is 0 Å². The summed E-state index contributed by atoms with van der Waals surface area (Å²) in [6, 6.07) is 7.67. The maximum Gasteiger partial charge on any atom is 0.222 e. The van der Waals surface area contributed by atoms with Crippen molar-refractivity contribution in [1.29, 1.82) is 0 Å². The van der Waals surface area contributed by atoms with Gasteiger partial charge in [0.05, 0.1) is 12.3 Å². The minimum atomic E-state index is -0.246. The van der Waals surface area contributed by atoms with Gasteiger partial charge in [-0.25, -0.2) is 0 Å². The maximum absolute atomic E-state index is 12.2. The number of aliphatic hydroxyl groups excluding tert-OH is 1. The molecule has 6 heteroatoms. The van der Waals surface area contributed by atoms with Crippen molar-refractivity contribution < 1.29 is 9.90 Å². The van der Waals surface area contributed by atoms with Crippen molar-refractivity contribution in [2.45, 2.75) is 38.3 Å². The highest BCUT2D eigenvalue weighted by Gasteiger charge is 2.20. The maximum atomic E-state index is 12.2. The van der Waals surface area contributed by atoms with E-state index in [0.29, 0.717) is 32.4 Å². The Morgan fingerprint density at radius 3 is 2.62 bits per heavy atom. The third kappa shape index (κ3) is 4.36. The number of nitrogens with zero attached hydrogens (tertiary/aromatic N) is 3. The smallest absolute Gasteiger partial charge is 0.222 e. The van der Waals surface area contributed by atoms with Crippen LogP contribution in [0.25, 0.3) is 11.1 Å². The number of amides is 1. The van der Waals surface area contributed by atoms with Gasteiger partial charge in [-0.2, -0.15) is 5.10 Å². The number of hydrogen-bond donors (Lipinski definition) is 1. The van der Waals surface area contributed by atoms with E-state index in [4.69, 9.17) is 11.6 Å². The highest BCUT2D eigenvalue weighted by atomic mass is 35.5. The Kier molecular flexibility index (Phi) is 5.53. The minimum absolute atomic E-state index is 0.173. The predicted molar refractivity (Wildman–Crippen MR) is 93.7 cm³/mol. The number of aromatic nitrogens is 2. The first kappa shape index (κ1) is 17.0. The molecule has 0 unspecified atom stereocenters. The average molecular weight is 348 g/mol. The fourth-order valence-corrected chi connectivity index (χ4v) is 3.07. The van der Waals surface area contributed by atoms with Crippen LogP contribution in [-0.2, 0) is 11.3 Å². The summed E-state index contributed by atoms with van der Waals surface area (Å²) in [5.74, 6) is 0.173. The standard InChI is InChI=1S/C18H22ClN3O2/c19-16-5-3-14(4-6-16)15-12-20-22(13-15)9-1-2-18(24)21-10-7-17(23)8-11-21/h3-6,12-13,17,23H,1-2,7-11H2. The van der Waals surface area contributed by atoms with Crippen molar-refractivity contribution in [3.05, 3.63) is 41.7 Å². The molecule has 128 valence electrons. The highest BCUT2D eigenvalue weighted by molar-refractivity contribution is 6.30. The Labute approximate surface area is 146 Å². The highest BCUT2D eigenvalue weighted by Crippen LogP contribution is 2.21. The minimum Gasteiger partial charge on any atom is -0.393 e. The number of rotatable bonds is 5. The van der Waals surface area contributed by atoms with Crippen LogP contribution in [0, 0.1) is 0 Å². The third-order valence-corrected chi connectivity index (χ3v) is 4.66. The number of halogens is 1. The zero-order valence-electron chi connectivity index (χ0n) is 13.6. The summed E-state index contributed by atoms with van der Waals surface area (Å²) in [7, 11) is 0. The molecule has 0 spiro atoms. The lowest BCUT2D eigenvalue weighted by molar-refractivity contribution is -0.133. The number of carbonyl (C=O) groups is 1. The second-order valence-corrected chi connectivity index (χ2v) is 6.65. The van der Waals surface area contributed by atoms with E-state index in [1.807, 2.05) is 46.2 Å². The number of aryl methyl sites for hydroxylation is 1. The molecule has 0 atom stereocenters. The predicted octanol–water partition coefficient (Wildman–Crippen LogP) is 2.97. The fraction of sp³-hybridized carbons (Fsp3) is 0.444. The summed E-state index contributed by atoms with van der Waals surface area (Å²) < 4.78 is 1.87. The molecule has 0 radical (unpaired) electrons. The van der Waals surface area contributed by atoms with Gasteiger partial charge in [-0.1, -0.05) is 23.7 Å². The summed E-state index contributed by atoms with van der Waals surface area (Å²) in [6.07, 6.45) is 6.24. The van der Waals surface area contributed by atoms with E-state index in [1.165, 1.54) is 0 Å². The van der Waals surface area contributed by atoms with E-state index >= 15 is 0 Å². The number of carbonyl (C=O) groups excluding carboxylic acids is 1. The van der Waals surface area contributed by atoms with Crippen LogP contribution in [-0.4, -0.2) is 44.9 Å². The van der Waals surface area contributed by atoms with Crippen LogP contribution in [0.1, 0.15) is 25.7 Å². The van der Waals surface area contributed by atoms with Gasteiger partial charge in [-0.15, -0.1) is 0 Å². The van der Waals surface area contributed by atoms with Crippen molar-refractivity contribution in [2.24, 2.45) is 0 Å². The first-order valence-corrected chi connectivity index (χ1v) is 8.74. The second-order valence-electron chi connectivity index (χ2n) is 6.21. The monoisotopic (exact) mass is 347 g/mol. The van der Waals surface area contributed by atoms with Gasteiger partial charge in [-0.3, -0.25) is 9.48 Å². The molecule has 1 aromatic heterocycles. The van der Waals surface area contributed by atoms with Crippen molar-refractivity contribution in [3.63, 3.8) is 0 Å². The molecule has 0 bridgehead atoms.